The number of hydrogen-bond donors (Lipinski definition) is 0. The molecule has 1 rings (SSSR count). The van der Waals surface area contributed by atoms with Crippen LogP contribution in [0.15, 0.2) is 22.2 Å². The highest BCUT2D eigenvalue weighted by Crippen LogP contribution is 2.39. The van der Waals surface area contributed by atoms with Gasteiger partial charge in [0.1, 0.15) is 0 Å². The average molecular weight is 183 g/mol. The first-order valence-electron chi connectivity index (χ1n) is 3.94. The highest BCUT2D eigenvalue weighted by Gasteiger charge is 2.24. The zero-order chi connectivity index (χ0) is 9.30. The number of allylic oxidation sites excluding steroid dienone is 2. The molecule has 0 radical (unpaired) electrons. The van der Waals surface area contributed by atoms with Crippen LogP contribution in [0.1, 0.15) is 20.8 Å². The van der Waals surface area contributed by atoms with E-state index < -0.39 is 0 Å². The summed E-state index contributed by atoms with van der Waals surface area (Å²) in [4.78, 5) is 14.0. The lowest BCUT2D eigenvalue weighted by Gasteiger charge is -2.17. The molecule has 1 heterocycles. The van der Waals surface area contributed by atoms with Gasteiger partial charge in [-0.25, -0.2) is 0 Å². The van der Waals surface area contributed by atoms with Crippen molar-refractivity contribution in [3.05, 3.63) is 22.2 Å². The topological polar surface area (TPSA) is 20.3 Å². The van der Waals surface area contributed by atoms with Crippen molar-refractivity contribution >= 4 is 17.5 Å². The lowest BCUT2D eigenvalue weighted by Crippen LogP contribution is -2.14. The minimum absolute atomic E-state index is 0.134. The van der Waals surface area contributed by atoms with Gasteiger partial charge >= 0.3 is 0 Å². The van der Waals surface area contributed by atoms with Gasteiger partial charge in [0.25, 0.3) is 0 Å². The van der Waals surface area contributed by atoms with E-state index in [1.54, 1.807) is 6.92 Å². The molecule has 1 aliphatic rings. The maximum atomic E-state index is 11.1. The maximum Gasteiger partial charge on any atom is 0.168 e. The van der Waals surface area contributed by atoms with Crippen molar-refractivity contribution < 1.29 is 4.79 Å². The Bertz CT molecular complexity index is 268. The number of nitrogens with zero attached hydrogens (tertiary/aromatic N) is 1. The van der Waals surface area contributed by atoms with Crippen LogP contribution in [-0.2, 0) is 4.79 Å². The van der Waals surface area contributed by atoms with Crippen LogP contribution in [0.3, 0.4) is 0 Å². The molecule has 0 amide bonds. The molecule has 0 aromatic rings. The Hall–Kier alpha value is -0.700. The van der Waals surface area contributed by atoms with Crippen molar-refractivity contribution in [1.82, 2.24) is 4.90 Å². The molecule has 0 saturated heterocycles. The molecule has 12 heavy (non-hydrogen) atoms. The van der Waals surface area contributed by atoms with E-state index in [1.165, 1.54) is 11.8 Å². The second-order valence-electron chi connectivity index (χ2n) is 2.71. The van der Waals surface area contributed by atoms with Gasteiger partial charge < -0.3 is 4.90 Å². The molecule has 0 fully saturated rings. The molecular weight excluding hydrogens is 170 g/mol. The van der Waals surface area contributed by atoms with Gasteiger partial charge in [-0.3, -0.25) is 4.79 Å². The van der Waals surface area contributed by atoms with Gasteiger partial charge in [0.05, 0.1) is 9.93 Å². The van der Waals surface area contributed by atoms with E-state index in [2.05, 4.69) is 18.4 Å². The number of ketones is 1. The summed E-state index contributed by atoms with van der Waals surface area (Å²) in [5.41, 5.74) is 1.04. The molecule has 0 aromatic carbocycles. The van der Waals surface area contributed by atoms with E-state index >= 15 is 0 Å². The van der Waals surface area contributed by atoms with Crippen molar-refractivity contribution in [3.63, 3.8) is 0 Å². The summed E-state index contributed by atoms with van der Waals surface area (Å²) in [5.74, 6) is 0.134. The number of Topliss-reactive ketones (excluding diaryl/α,β-unsaturated/α-hetero) is 1. The van der Waals surface area contributed by atoms with Crippen LogP contribution >= 0.6 is 11.8 Å². The van der Waals surface area contributed by atoms with E-state index in [0.717, 1.165) is 22.2 Å². The number of rotatable bonds is 2. The van der Waals surface area contributed by atoms with E-state index in [-0.39, 0.29) is 5.78 Å². The third-order valence-corrected chi connectivity index (χ3v) is 3.13. The lowest BCUT2D eigenvalue weighted by atomic mass is 10.3. The SMILES string of the molecule is C=C1SC(C(C)=O)=C(C)N1CC. The first-order valence-corrected chi connectivity index (χ1v) is 4.75. The number of thioether (sulfide) groups is 1. The van der Waals surface area contributed by atoms with Crippen LogP contribution in [0.5, 0.6) is 0 Å². The Morgan fingerprint density at radius 2 is 2.25 bits per heavy atom. The minimum Gasteiger partial charge on any atom is -0.339 e. The Labute approximate surface area is 77.3 Å². The predicted molar refractivity (Wildman–Crippen MR) is 52.5 cm³/mol. The molecule has 0 unspecified atom stereocenters. The number of carbonyl (C=O) groups excluding carboxylic acids is 1. The molecule has 0 spiro atoms. The molecule has 3 heteroatoms. The maximum absolute atomic E-state index is 11.1. The summed E-state index contributed by atoms with van der Waals surface area (Å²) < 4.78 is 0. The Morgan fingerprint density at radius 3 is 2.50 bits per heavy atom. The zero-order valence-electron chi connectivity index (χ0n) is 7.68. The van der Waals surface area contributed by atoms with Gasteiger partial charge in [-0.1, -0.05) is 18.3 Å². The highest BCUT2D eigenvalue weighted by molar-refractivity contribution is 8.07. The molecule has 0 N–H and O–H groups in total. The summed E-state index contributed by atoms with van der Waals surface area (Å²) in [6.07, 6.45) is 0. The molecule has 2 nitrogen and oxygen atoms in total. The molecule has 0 aliphatic carbocycles. The largest absolute Gasteiger partial charge is 0.339 e. The minimum atomic E-state index is 0.134. The average Bonchev–Trinajstić information content (AvgIpc) is 2.27. The standard InChI is InChI=1S/C9H13NOS/c1-5-10-6(2)9(7(3)11)12-8(10)4/h4-5H2,1-3H3. The number of carbonyl (C=O) groups is 1. The third kappa shape index (κ3) is 1.41. The van der Waals surface area contributed by atoms with Crippen LogP contribution < -0.4 is 0 Å². The van der Waals surface area contributed by atoms with Crippen LogP contribution in [0.25, 0.3) is 0 Å². The van der Waals surface area contributed by atoms with E-state index in [4.69, 9.17) is 0 Å². The van der Waals surface area contributed by atoms with Crippen molar-refractivity contribution in [2.75, 3.05) is 6.54 Å². The van der Waals surface area contributed by atoms with E-state index in [9.17, 15) is 4.79 Å². The first kappa shape index (κ1) is 9.39. The van der Waals surface area contributed by atoms with Gasteiger partial charge in [-0.05, 0) is 20.8 Å². The molecular formula is C9H13NOS. The molecule has 0 bridgehead atoms. The van der Waals surface area contributed by atoms with Crippen molar-refractivity contribution in [2.45, 2.75) is 20.8 Å². The second kappa shape index (κ2) is 3.35. The summed E-state index contributed by atoms with van der Waals surface area (Å²) >= 11 is 1.48. The third-order valence-electron chi connectivity index (χ3n) is 1.89. The predicted octanol–water partition coefficient (Wildman–Crippen LogP) is 2.35. The fourth-order valence-corrected chi connectivity index (χ4v) is 2.31. The second-order valence-corrected chi connectivity index (χ2v) is 3.79. The van der Waals surface area contributed by atoms with Crippen LogP contribution in [-0.4, -0.2) is 17.2 Å². The fraction of sp³-hybridized carbons (Fsp3) is 0.444. The van der Waals surface area contributed by atoms with Gasteiger partial charge in [-0.15, -0.1) is 0 Å². The zero-order valence-corrected chi connectivity index (χ0v) is 8.49. The fourth-order valence-electron chi connectivity index (χ4n) is 1.30. The Morgan fingerprint density at radius 1 is 1.67 bits per heavy atom. The number of hydrogen-bond acceptors (Lipinski definition) is 3. The van der Waals surface area contributed by atoms with Crippen molar-refractivity contribution in [3.8, 4) is 0 Å². The summed E-state index contributed by atoms with van der Waals surface area (Å²) in [6, 6.07) is 0. The normalized spacial score (nSPS) is 17.6. The molecule has 1 aliphatic heterocycles. The van der Waals surface area contributed by atoms with E-state index in [0.29, 0.717) is 0 Å². The van der Waals surface area contributed by atoms with Crippen LogP contribution in [0, 0.1) is 0 Å². The van der Waals surface area contributed by atoms with Crippen molar-refractivity contribution in [1.29, 1.82) is 0 Å². The molecule has 0 aromatic heterocycles. The lowest BCUT2D eigenvalue weighted by molar-refractivity contribution is -0.113. The van der Waals surface area contributed by atoms with E-state index in [1.807, 2.05) is 6.92 Å². The first-order chi connectivity index (χ1) is 5.57. The van der Waals surface area contributed by atoms with Crippen molar-refractivity contribution in [2.24, 2.45) is 0 Å². The van der Waals surface area contributed by atoms with Gasteiger partial charge in [0, 0.05) is 12.2 Å². The van der Waals surface area contributed by atoms with Gasteiger partial charge in [0.2, 0.25) is 0 Å². The summed E-state index contributed by atoms with van der Waals surface area (Å²) in [7, 11) is 0. The smallest absolute Gasteiger partial charge is 0.168 e. The summed E-state index contributed by atoms with van der Waals surface area (Å²) in [6.45, 7) is 10.4. The van der Waals surface area contributed by atoms with Crippen LogP contribution in [0.2, 0.25) is 0 Å². The molecule has 0 saturated carbocycles. The quantitative estimate of drug-likeness (QED) is 0.655. The van der Waals surface area contributed by atoms with Crippen LogP contribution in [0.4, 0.5) is 0 Å². The Balaban J connectivity index is 2.96. The summed E-state index contributed by atoms with van der Waals surface area (Å²) in [5, 5.41) is 0.959. The Kier molecular flexibility index (Phi) is 2.62. The highest BCUT2D eigenvalue weighted by atomic mass is 32.2. The van der Waals surface area contributed by atoms with Gasteiger partial charge in [0.15, 0.2) is 5.78 Å². The molecule has 66 valence electrons. The molecule has 0 atom stereocenters. The van der Waals surface area contributed by atoms with Gasteiger partial charge in [-0.2, -0.15) is 0 Å². The monoisotopic (exact) mass is 183 g/mol.